The van der Waals surface area contributed by atoms with E-state index in [0.717, 1.165) is 29.8 Å². The summed E-state index contributed by atoms with van der Waals surface area (Å²) in [5, 5.41) is 23.4. The predicted octanol–water partition coefficient (Wildman–Crippen LogP) is 2.61. The summed E-state index contributed by atoms with van der Waals surface area (Å²) < 4.78 is 1.63. The normalized spacial score (nSPS) is 13.1. The number of benzene rings is 2. The van der Waals surface area contributed by atoms with Gasteiger partial charge < -0.3 is 15.7 Å². The number of nitrogens with zero attached hydrogens (tertiary/aromatic N) is 5. The van der Waals surface area contributed by atoms with Crippen molar-refractivity contribution >= 4 is 34.7 Å². The maximum Gasteiger partial charge on any atom is 0.307 e. The molecular formula is C23H21N7O3. The molecule has 5 rings (SSSR count). The van der Waals surface area contributed by atoms with Gasteiger partial charge in [0.05, 0.1) is 18.3 Å². The molecule has 2 aromatic heterocycles. The highest BCUT2D eigenvalue weighted by atomic mass is 16.4. The van der Waals surface area contributed by atoms with Gasteiger partial charge in [-0.2, -0.15) is 9.67 Å². The molecule has 0 atom stereocenters. The van der Waals surface area contributed by atoms with E-state index in [9.17, 15) is 9.59 Å². The highest BCUT2D eigenvalue weighted by Crippen LogP contribution is 2.28. The van der Waals surface area contributed by atoms with Crippen LogP contribution in [0.2, 0.25) is 0 Å². The van der Waals surface area contributed by atoms with Crippen LogP contribution >= 0.6 is 0 Å². The Morgan fingerprint density at radius 1 is 1.09 bits per heavy atom. The summed E-state index contributed by atoms with van der Waals surface area (Å²) in [7, 11) is 0. The van der Waals surface area contributed by atoms with Crippen LogP contribution in [0, 0.1) is 5.92 Å². The predicted molar refractivity (Wildman–Crippen MR) is 120 cm³/mol. The molecule has 2 heterocycles. The lowest BCUT2D eigenvalue weighted by atomic mass is 10.1. The van der Waals surface area contributed by atoms with Crippen molar-refractivity contribution in [2.24, 2.45) is 5.92 Å². The van der Waals surface area contributed by atoms with E-state index in [-0.39, 0.29) is 18.2 Å². The fourth-order valence-electron chi connectivity index (χ4n) is 3.45. The summed E-state index contributed by atoms with van der Waals surface area (Å²) >= 11 is 0. The van der Waals surface area contributed by atoms with Gasteiger partial charge in [-0.3, -0.25) is 9.59 Å². The zero-order chi connectivity index (χ0) is 22.8. The summed E-state index contributed by atoms with van der Waals surface area (Å²) in [5.41, 5.74) is 4.26. The molecule has 1 saturated carbocycles. The van der Waals surface area contributed by atoms with Crippen molar-refractivity contribution in [2.45, 2.75) is 25.8 Å². The minimum absolute atomic E-state index is 0.0308. The Labute approximate surface area is 188 Å². The topological polar surface area (TPSA) is 135 Å². The van der Waals surface area contributed by atoms with E-state index in [1.807, 2.05) is 24.3 Å². The average molecular weight is 443 g/mol. The first kappa shape index (κ1) is 20.6. The van der Waals surface area contributed by atoms with Gasteiger partial charge in [0.25, 0.3) is 0 Å². The molecule has 1 fully saturated rings. The number of nitrogens with one attached hydrogen (secondary N) is 2. The van der Waals surface area contributed by atoms with Crippen LogP contribution in [0.1, 0.15) is 24.0 Å². The van der Waals surface area contributed by atoms with Crippen LogP contribution in [0.5, 0.6) is 0 Å². The smallest absolute Gasteiger partial charge is 0.307 e. The fourth-order valence-corrected chi connectivity index (χ4v) is 3.45. The molecule has 0 spiro atoms. The first-order chi connectivity index (χ1) is 16.0. The third kappa shape index (κ3) is 4.79. The van der Waals surface area contributed by atoms with Gasteiger partial charge >= 0.3 is 5.97 Å². The highest BCUT2D eigenvalue weighted by Gasteiger charge is 2.29. The number of rotatable bonds is 8. The van der Waals surface area contributed by atoms with Crippen molar-refractivity contribution in [1.82, 2.24) is 30.3 Å². The largest absolute Gasteiger partial charge is 0.481 e. The van der Waals surface area contributed by atoms with E-state index < -0.39 is 5.97 Å². The number of aromatic nitrogens is 5. The third-order valence-corrected chi connectivity index (χ3v) is 5.33. The molecule has 3 N–H and O–H groups in total. The number of amides is 1. The molecule has 1 amide bonds. The Balaban J connectivity index is 1.35. The van der Waals surface area contributed by atoms with Crippen molar-refractivity contribution < 1.29 is 14.7 Å². The maximum absolute atomic E-state index is 11.9. The molecular weight excluding hydrogens is 422 g/mol. The molecule has 0 radical (unpaired) electrons. The van der Waals surface area contributed by atoms with Gasteiger partial charge in [0.1, 0.15) is 0 Å². The van der Waals surface area contributed by atoms with Crippen LogP contribution in [-0.4, -0.2) is 41.9 Å². The van der Waals surface area contributed by atoms with Crippen molar-refractivity contribution in [2.75, 3.05) is 5.32 Å². The summed E-state index contributed by atoms with van der Waals surface area (Å²) in [5.74, 6) is -0.237. The summed E-state index contributed by atoms with van der Waals surface area (Å²) in [4.78, 5) is 31.6. The Morgan fingerprint density at radius 3 is 2.67 bits per heavy atom. The lowest BCUT2D eigenvalue weighted by Crippen LogP contribution is -2.24. The summed E-state index contributed by atoms with van der Waals surface area (Å²) in [6.45, 7) is 0.454. The van der Waals surface area contributed by atoms with Crippen LogP contribution in [-0.2, 0) is 22.6 Å². The molecule has 1 aliphatic rings. The number of carboxylic acids is 1. The zero-order valence-corrected chi connectivity index (χ0v) is 17.6. The molecule has 4 aromatic rings. The van der Waals surface area contributed by atoms with Gasteiger partial charge in [0, 0.05) is 18.2 Å². The van der Waals surface area contributed by atoms with Crippen LogP contribution in [0.3, 0.4) is 0 Å². The quantitative estimate of drug-likeness (QED) is 0.378. The van der Waals surface area contributed by atoms with Crippen molar-refractivity contribution in [3.63, 3.8) is 0 Å². The van der Waals surface area contributed by atoms with E-state index >= 15 is 0 Å². The number of carboxylic acid groups (broad SMARTS) is 1. The van der Waals surface area contributed by atoms with Crippen LogP contribution in [0.4, 0.5) is 11.6 Å². The molecule has 0 bridgehead atoms. The summed E-state index contributed by atoms with van der Waals surface area (Å²) in [6.07, 6.45) is 3.50. The number of hydrogen-bond acceptors (Lipinski definition) is 7. The van der Waals surface area contributed by atoms with Crippen LogP contribution in [0.15, 0.2) is 54.7 Å². The first-order valence-corrected chi connectivity index (χ1v) is 10.6. The first-order valence-electron chi connectivity index (χ1n) is 10.6. The molecule has 0 aliphatic heterocycles. The Kier molecular flexibility index (Phi) is 5.39. The minimum Gasteiger partial charge on any atom is -0.481 e. The standard InChI is InChI=1S/C23H21N7O3/c31-20(32)11-14-4-8-17(9-5-14)26-23-25-13-19-21(27-23)30(29-28-19)18-3-1-2-15(10-18)12-24-22(33)16-6-7-16/h1-5,8-10,13,16H,6-7,11-12H2,(H,24,33)(H,31,32)(H,25,26,27). The van der Waals surface area contributed by atoms with Gasteiger partial charge in [-0.15, -0.1) is 5.10 Å². The zero-order valence-electron chi connectivity index (χ0n) is 17.6. The Morgan fingerprint density at radius 2 is 1.91 bits per heavy atom. The molecule has 2 aromatic carbocycles. The second-order valence-electron chi connectivity index (χ2n) is 7.96. The summed E-state index contributed by atoms with van der Waals surface area (Å²) in [6, 6.07) is 14.7. The lowest BCUT2D eigenvalue weighted by Gasteiger charge is -2.08. The second kappa shape index (κ2) is 8.65. The van der Waals surface area contributed by atoms with Gasteiger partial charge in [0.2, 0.25) is 11.9 Å². The van der Waals surface area contributed by atoms with Crippen LogP contribution < -0.4 is 10.6 Å². The van der Waals surface area contributed by atoms with Crippen molar-refractivity contribution in [3.05, 3.63) is 65.9 Å². The number of carbonyl (C=O) groups is 2. The number of aliphatic carboxylic acids is 1. The second-order valence-corrected chi connectivity index (χ2v) is 7.96. The molecule has 166 valence electrons. The van der Waals surface area contributed by atoms with Gasteiger partial charge in [-0.05, 0) is 48.2 Å². The van der Waals surface area contributed by atoms with E-state index in [0.29, 0.717) is 29.2 Å². The number of carbonyl (C=O) groups excluding carboxylic acids is 1. The minimum atomic E-state index is -0.875. The highest BCUT2D eigenvalue weighted by molar-refractivity contribution is 5.80. The van der Waals surface area contributed by atoms with Gasteiger partial charge in [0.15, 0.2) is 11.2 Å². The lowest BCUT2D eigenvalue weighted by molar-refractivity contribution is -0.136. The fraction of sp³-hybridized carbons (Fsp3) is 0.217. The van der Waals surface area contributed by atoms with E-state index in [2.05, 4.69) is 30.9 Å². The van der Waals surface area contributed by atoms with Crippen LogP contribution in [0.25, 0.3) is 16.9 Å². The van der Waals surface area contributed by atoms with Gasteiger partial charge in [-0.25, -0.2) is 4.98 Å². The Hall–Kier alpha value is -4.34. The number of anilines is 2. The van der Waals surface area contributed by atoms with E-state index in [1.54, 1.807) is 35.1 Å². The molecule has 10 heteroatoms. The molecule has 1 aliphatic carbocycles. The maximum atomic E-state index is 11.9. The van der Waals surface area contributed by atoms with Crippen molar-refractivity contribution in [3.8, 4) is 5.69 Å². The molecule has 10 nitrogen and oxygen atoms in total. The number of fused-ring (bicyclic) bond motifs is 1. The van der Waals surface area contributed by atoms with Gasteiger partial charge in [-0.1, -0.05) is 29.5 Å². The monoisotopic (exact) mass is 443 g/mol. The van der Waals surface area contributed by atoms with E-state index in [1.165, 1.54) is 0 Å². The molecule has 0 unspecified atom stereocenters. The van der Waals surface area contributed by atoms with E-state index in [4.69, 9.17) is 5.11 Å². The third-order valence-electron chi connectivity index (χ3n) is 5.33. The molecule has 0 saturated heterocycles. The molecule has 33 heavy (non-hydrogen) atoms. The Bertz CT molecular complexity index is 1330. The number of hydrogen-bond donors (Lipinski definition) is 3. The SMILES string of the molecule is O=C(O)Cc1ccc(Nc2ncc3nnn(-c4cccc(CNC(=O)C5CC5)c4)c3n2)cc1. The van der Waals surface area contributed by atoms with Crippen molar-refractivity contribution in [1.29, 1.82) is 0 Å². The average Bonchev–Trinajstić information content (AvgIpc) is 3.58.